The molecule has 0 fully saturated rings. The van der Waals surface area contributed by atoms with Gasteiger partial charge in [0.2, 0.25) is 0 Å². The van der Waals surface area contributed by atoms with Crippen LogP contribution in [0.25, 0.3) is 0 Å². The maximum absolute atomic E-state index is 11.6. The lowest BCUT2D eigenvalue weighted by Gasteiger charge is -2.14. The Morgan fingerprint density at radius 2 is 2.14 bits per heavy atom. The zero-order chi connectivity index (χ0) is 15.6. The van der Waals surface area contributed by atoms with Crippen molar-refractivity contribution in [3.8, 4) is 0 Å². The summed E-state index contributed by atoms with van der Waals surface area (Å²) in [6.07, 6.45) is 1.42. The average Bonchev–Trinajstić information content (AvgIpc) is 2.88. The smallest absolute Gasteiger partial charge is 0.340 e. The number of pyridine rings is 1. The van der Waals surface area contributed by atoms with Gasteiger partial charge < -0.3 is 15.8 Å². The summed E-state index contributed by atoms with van der Waals surface area (Å²) in [5.41, 5.74) is 7.26. The molecule has 0 unspecified atom stereocenters. The van der Waals surface area contributed by atoms with Crippen LogP contribution in [0.1, 0.15) is 36.8 Å². The van der Waals surface area contributed by atoms with Gasteiger partial charge in [-0.15, -0.1) is 11.3 Å². The van der Waals surface area contributed by atoms with Crippen molar-refractivity contribution >= 4 is 33.9 Å². The number of nitrogens with one attached hydrogen (secondary N) is 1. The molecule has 112 valence electrons. The SMILES string of the molecule is COC(=O)c1cc(Nc2nc(C(C)(C)C)cs2)ncc1N. The minimum Gasteiger partial charge on any atom is -0.465 e. The van der Waals surface area contributed by atoms with Crippen LogP contribution in [0.3, 0.4) is 0 Å². The van der Waals surface area contributed by atoms with Crippen molar-refractivity contribution in [1.82, 2.24) is 9.97 Å². The van der Waals surface area contributed by atoms with E-state index >= 15 is 0 Å². The van der Waals surface area contributed by atoms with E-state index in [4.69, 9.17) is 5.73 Å². The number of carbonyl (C=O) groups excluding carboxylic acids is 1. The Labute approximate surface area is 127 Å². The van der Waals surface area contributed by atoms with E-state index in [0.29, 0.717) is 10.9 Å². The Morgan fingerprint density at radius 3 is 2.71 bits per heavy atom. The minimum absolute atomic E-state index is 0.0118. The fourth-order valence-corrected chi connectivity index (χ4v) is 2.55. The van der Waals surface area contributed by atoms with Crippen molar-refractivity contribution in [3.05, 3.63) is 28.9 Å². The second-order valence-corrected chi connectivity index (χ2v) is 6.42. The second-order valence-electron chi connectivity index (χ2n) is 5.56. The molecular weight excluding hydrogens is 288 g/mol. The number of carbonyl (C=O) groups is 1. The van der Waals surface area contributed by atoms with E-state index in [1.807, 2.05) is 5.38 Å². The Kier molecular flexibility index (Phi) is 4.13. The first-order valence-electron chi connectivity index (χ1n) is 6.38. The van der Waals surface area contributed by atoms with Crippen LogP contribution in [-0.2, 0) is 10.2 Å². The minimum atomic E-state index is -0.493. The first-order chi connectivity index (χ1) is 9.81. The Balaban J connectivity index is 2.24. The normalized spacial score (nSPS) is 11.2. The molecule has 3 N–H and O–H groups in total. The van der Waals surface area contributed by atoms with Crippen LogP contribution in [-0.4, -0.2) is 23.0 Å². The van der Waals surface area contributed by atoms with Crippen LogP contribution >= 0.6 is 11.3 Å². The summed E-state index contributed by atoms with van der Waals surface area (Å²) in [7, 11) is 1.31. The molecule has 0 saturated carbocycles. The molecule has 2 aromatic rings. The van der Waals surface area contributed by atoms with Crippen molar-refractivity contribution in [1.29, 1.82) is 0 Å². The molecule has 6 nitrogen and oxygen atoms in total. The maximum Gasteiger partial charge on any atom is 0.340 e. The molecule has 0 bridgehead atoms. The maximum atomic E-state index is 11.6. The number of hydrogen-bond acceptors (Lipinski definition) is 7. The number of thiazole rings is 1. The fraction of sp³-hybridized carbons (Fsp3) is 0.357. The Bertz CT molecular complexity index is 661. The molecule has 0 aliphatic carbocycles. The molecule has 2 aromatic heterocycles. The largest absolute Gasteiger partial charge is 0.465 e. The molecule has 7 heteroatoms. The van der Waals surface area contributed by atoms with Crippen molar-refractivity contribution in [3.63, 3.8) is 0 Å². The second kappa shape index (κ2) is 5.69. The molecule has 0 aromatic carbocycles. The standard InChI is InChI=1S/C14H18N4O2S/c1-14(2,3)10-7-21-13(17-10)18-11-5-8(12(19)20-4)9(15)6-16-11/h5-7H,15H2,1-4H3,(H,16,17,18). The summed E-state index contributed by atoms with van der Waals surface area (Å²) in [6.45, 7) is 6.30. The Hall–Kier alpha value is -2.15. The van der Waals surface area contributed by atoms with Gasteiger partial charge in [0, 0.05) is 10.8 Å². The van der Waals surface area contributed by atoms with Crippen molar-refractivity contribution in [2.45, 2.75) is 26.2 Å². The number of methoxy groups -OCH3 is 1. The summed E-state index contributed by atoms with van der Waals surface area (Å²) in [4.78, 5) is 20.3. The molecule has 0 aliphatic heterocycles. The molecule has 0 aliphatic rings. The van der Waals surface area contributed by atoms with Crippen molar-refractivity contribution < 1.29 is 9.53 Å². The topological polar surface area (TPSA) is 90.1 Å². The highest BCUT2D eigenvalue weighted by Gasteiger charge is 2.18. The van der Waals surface area contributed by atoms with Gasteiger partial charge in [0.1, 0.15) is 5.82 Å². The highest BCUT2D eigenvalue weighted by atomic mass is 32.1. The molecule has 2 rings (SSSR count). The fourth-order valence-electron chi connectivity index (χ4n) is 1.61. The number of nitrogen functional groups attached to an aromatic ring is 1. The number of nitrogens with zero attached hydrogens (tertiary/aromatic N) is 2. The van der Waals surface area contributed by atoms with Gasteiger partial charge in [-0.2, -0.15) is 0 Å². The van der Waals surface area contributed by atoms with Crippen LogP contribution in [0, 0.1) is 0 Å². The van der Waals surface area contributed by atoms with Crippen molar-refractivity contribution in [2.24, 2.45) is 0 Å². The van der Waals surface area contributed by atoms with E-state index in [2.05, 4.69) is 40.8 Å². The van der Waals surface area contributed by atoms with E-state index < -0.39 is 5.97 Å². The molecule has 0 atom stereocenters. The highest BCUT2D eigenvalue weighted by Crippen LogP contribution is 2.28. The quantitative estimate of drug-likeness (QED) is 0.847. The molecule has 21 heavy (non-hydrogen) atoms. The molecule has 0 saturated heterocycles. The molecule has 0 amide bonds. The zero-order valence-electron chi connectivity index (χ0n) is 12.4. The number of ether oxygens (including phenoxy) is 1. The average molecular weight is 306 g/mol. The van der Waals surface area contributed by atoms with Gasteiger partial charge in [-0.25, -0.2) is 14.8 Å². The van der Waals surface area contributed by atoms with Gasteiger partial charge in [-0.05, 0) is 6.07 Å². The summed E-state index contributed by atoms with van der Waals surface area (Å²) in [5.74, 6) is 0.00637. The van der Waals surface area contributed by atoms with Crippen LogP contribution in [0.5, 0.6) is 0 Å². The summed E-state index contributed by atoms with van der Waals surface area (Å²) < 4.78 is 4.68. The predicted octanol–water partition coefficient (Wildman–Crippen LogP) is 2.95. The Morgan fingerprint density at radius 1 is 1.43 bits per heavy atom. The number of nitrogens with two attached hydrogens (primary N) is 1. The lowest BCUT2D eigenvalue weighted by atomic mass is 9.93. The van der Waals surface area contributed by atoms with E-state index in [9.17, 15) is 4.79 Å². The van der Waals surface area contributed by atoms with Gasteiger partial charge in [0.05, 0.1) is 30.3 Å². The third-order valence-electron chi connectivity index (χ3n) is 2.85. The molecular formula is C14H18N4O2S. The van der Waals surface area contributed by atoms with Crippen LogP contribution in [0.4, 0.5) is 16.6 Å². The molecule has 0 radical (unpaired) electrons. The third-order valence-corrected chi connectivity index (χ3v) is 3.61. The van der Waals surface area contributed by atoms with E-state index in [1.165, 1.54) is 24.6 Å². The molecule has 0 spiro atoms. The van der Waals surface area contributed by atoms with Crippen LogP contribution < -0.4 is 11.1 Å². The van der Waals surface area contributed by atoms with Gasteiger partial charge >= 0.3 is 5.97 Å². The van der Waals surface area contributed by atoms with Gasteiger partial charge in [0.15, 0.2) is 5.13 Å². The van der Waals surface area contributed by atoms with Crippen molar-refractivity contribution in [2.75, 3.05) is 18.2 Å². The third kappa shape index (κ3) is 3.49. The first-order valence-corrected chi connectivity index (χ1v) is 7.26. The summed E-state index contributed by atoms with van der Waals surface area (Å²) in [6, 6.07) is 1.55. The van der Waals surface area contributed by atoms with E-state index in [1.54, 1.807) is 6.07 Å². The van der Waals surface area contributed by atoms with Gasteiger partial charge in [0.25, 0.3) is 0 Å². The number of hydrogen-bond donors (Lipinski definition) is 2. The lowest BCUT2D eigenvalue weighted by Crippen LogP contribution is -2.11. The van der Waals surface area contributed by atoms with E-state index in [0.717, 1.165) is 5.69 Å². The highest BCUT2D eigenvalue weighted by molar-refractivity contribution is 7.13. The number of aromatic nitrogens is 2. The number of esters is 1. The van der Waals surface area contributed by atoms with Crippen LogP contribution in [0.15, 0.2) is 17.6 Å². The lowest BCUT2D eigenvalue weighted by molar-refractivity contribution is 0.0602. The zero-order valence-corrected chi connectivity index (χ0v) is 13.2. The summed E-state index contributed by atoms with van der Waals surface area (Å²) >= 11 is 1.49. The number of rotatable bonds is 3. The van der Waals surface area contributed by atoms with Crippen LogP contribution in [0.2, 0.25) is 0 Å². The van der Waals surface area contributed by atoms with Gasteiger partial charge in [-0.1, -0.05) is 20.8 Å². The first kappa shape index (κ1) is 15.2. The van der Waals surface area contributed by atoms with E-state index in [-0.39, 0.29) is 16.7 Å². The molecule has 2 heterocycles. The monoisotopic (exact) mass is 306 g/mol. The van der Waals surface area contributed by atoms with Gasteiger partial charge in [-0.3, -0.25) is 0 Å². The summed E-state index contributed by atoms with van der Waals surface area (Å²) in [5, 5.41) is 5.79. The number of anilines is 3. The predicted molar refractivity (Wildman–Crippen MR) is 84.1 cm³/mol.